The van der Waals surface area contributed by atoms with E-state index in [1.54, 1.807) is 14.2 Å². The maximum Gasteiger partial charge on any atom is 0.309 e. The fourth-order valence-electron chi connectivity index (χ4n) is 3.94. The first kappa shape index (κ1) is 26.6. The molecule has 1 fully saturated rings. The van der Waals surface area contributed by atoms with E-state index in [1.807, 2.05) is 26.0 Å². The van der Waals surface area contributed by atoms with Gasteiger partial charge < -0.3 is 28.1 Å². The first-order chi connectivity index (χ1) is 15.0. The second kappa shape index (κ2) is 11.5. The summed E-state index contributed by atoms with van der Waals surface area (Å²) in [6.07, 6.45) is 2.59. The van der Waals surface area contributed by atoms with E-state index >= 15 is 0 Å². The fourth-order valence-corrected chi connectivity index (χ4v) is 4.61. The van der Waals surface area contributed by atoms with Gasteiger partial charge in [0.15, 0.2) is 13.6 Å². The average molecular weight is 467 g/mol. The lowest BCUT2D eigenvalue weighted by Gasteiger charge is -2.33. The van der Waals surface area contributed by atoms with E-state index in [9.17, 15) is 4.79 Å². The van der Waals surface area contributed by atoms with Gasteiger partial charge in [-0.05, 0) is 43.9 Å². The summed E-state index contributed by atoms with van der Waals surface area (Å²) in [6.45, 7) is 10.7. The zero-order valence-electron chi connectivity index (χ0n) is 20.7. The Balaban J connectivity index is 2.61. The highest BCUT2D eigenvalue weighted by atomic mass is 28.2. The van der Waals surface area contributed by atoms with Crippen molar-refractivity contribution >= 4 is 15.7 Å². The summed E-state index contributed by atoms with van der Waals surface area (Å²) < 4.78 is 33.8. The Morgan fingerprint density at radius 3 is 2.25 bits per heavy atom. The minimum atomic E-state index is -0.657. The van der Waals surface area contributed by atoms with Crippen molar-refractivity contribution in [2.45, 2.75) is 70.4 Å². The summed E-state index contributed by atoms with van der Waals surface area (Å²) >= 11 is 0. The lowest BCUT2D eigenvalue weighted by Crippen LogP contribution is -2.29. The monoisotopic (exact) mass is 466 g/mol. The Labute approximate surface area is 195 Å². The van der Waals surface area contributed by atoms with Crippen LogP contribution in [0.5, 0.6) is 11.5 Å². The van der Waals surface area contributed by atoms with Crippen LogP contribution in [-0.4, -0.2) is 50.6 Å². The van der Waals surface area contributed by atoms with Gasteiger partial charge in [0.1, 0.15) is 11.5 Å². The van der Waals surface area contributed by atoms with Crippen LogP contribution in [0.4, 0.5) is 0 Å². The van der Waals surface area contributed by atoms with Crippen LogP contribution in [0.2, 0.25) is 5.04 Å². The number of benzene rings is 1. The largest absolute Gasteiger partial charge is 0.469 e. The molecule has 0 amide bonds. The van der Waals surface area contributed by atoms with Gasteiger partial charge in [-0.1, -0.05) is 27.2 Å². The Morgan fingerprint density at radius 2 is 1.66 bits per heavy atom. The molecule has 0 N–H and O–H groups in total. The molecule has 0 spiro atoms. The van der Waals surface area contributed by atoms with Gasteiger partial charge in [0.2, 0.25) is 9.76 Å². The number of rotatable bonds is 11. The lowest BCUT2D eigenvalue weighted by molar-refractivity contribution is -0.145. The molecular formula is C24H38O7Si. The van der Waals surface area contributed by atoms with E-state index in [-0.39, 0.29) is 46.2 Å². The summed E-state index contributed by atoms with van der Waals surface area (Å²) in [5.41, 5.74) is 1.11. The zero-order valence-corrected chi connectivity index (χ0v) is 21.7. The minimum Gasteiger partial charge on any atom is -0.469 e. The van der Waals surface area contributed by atoms with Gasteiger partial charge in [-0.2, -0.15) is 0 Å². The normalized spacial score (nSPS) is 19.1. The van der Waals surface area contributed by atoms with Crippen molar-refractivity contribution in [1.29, 1.82) is 0 Å². The zero-order chi connectivity index (χ0) is 23.9. The van der Waals surface area contributed by atoms with Crippen molar-refractivity contribution in [3.8, 4) is 11.5 Å². The van der Waals surface area contributed by atoms with E-state index < -0.39 is 5.60 Å². The van der Waals surface area contributed by atoms with Crippen LogP contribution >= 0.6 is 0 Å². The molecule has 1 aliphatic carbocycles. The number of methoxy groups -OCH3 is 3. The van der Waals surface area contributed by atoms with Crippen LogP contribution in [0.15, 0.2) is 12.1 Å². The van der Waals surface area contributed by atoms with Crippen LogP contribution in [0, 0.1) is 5.92 Å². The molecule has 0 saturated heterocycles. The van der Waals surface area contributed by atoms with Crippen LogP contribution in [-0.2, 0) is 29.0 Å². The van der Waals surface area contributed by atoms with E-state index in [1.165, 1.54) is 7.11 Å². The predicted molar refractivity (Wildman–Crippen MR) is 123 cm³/mol. The van der Waals surface area contributed by atoms with Crippen molar-refractivity contribution < 1.29 is 32.9 Å². The molecule has 2 rings (SSSR count). The Morgan fingerprint density at radius 1 is 1.00 bits per heavy atom. The number of carbonyl (C=O) groups excluding carboxylic acids is 1. The quantitative estimate of drug-likeness (QED) is 0.263. The molecule has 1 aliphatic rings. The fraction of sp³-hybridized carbons (Fsp3) is 0.708. The topological polar surface area (TPSA) is 72.5 Å². The highest BCUT2D eigenvalue weighted by Gasteiger charge is 2.39. The molecule has 0 bridgehead atoms. The summed E-state index contributed by atoms with van der Waals surface area (Å²) in [5, 5.41) is 0.0270. The molecule has 32 heavy (non-hydrogen) atoms. The molecule has 0 heterocycles. The maximum absolute atomic E-state index is 12.5. The number of carbonyl (C=O) groups is 1. The summed E-state index contributed by atoms with van der Waals surface area (Å²) in [7, 11) is 4.89. The molecule has 0 aromatic heterocycles. The van der Waals surface area contributed by atoms with E-state index in [4.69, 9.17) is 28.1 Å². The SMILES string of the molecule is COCOc1cc(C2CCCC2C(=O)OC)c(OCOC)c(C(C)(C)O[Si]C(C)(C)C)c1. The van der Waals surface area contributed by atoms with Gasteiger partial charge in [-0.15, -0.1) is 0 Å². The van der Waals surface area contributed by atoms with E-state index in [2.05, 4.69) is 20.8 Å². The molecular weight excluding hydrogens is 428 g/mol. The first-order valence-electron chi connectivity index (χ1n) is 11.0. The van der Waals surface area contributed by atoms with Gasteiger partial charge in [-0.3, -0.25) is 4.79 Å². The van der Waals surface area contributed by atoms with Crippen LogP contribution in [0.1, 0.15) is 70.9 Å². The Bertz CT molecular complexity index is 757. The first-order valence-corrected chi connectivity index (χ1v) is 11.9. The molecule has 2 unspecified atom stereocenters. The van der Waals surface area contributed by atoms with Crippen LogP contribution < -0.4 is 9.47 Å². The summed E-state index contributed by atoms with van der Waals surface area (Å²) in [4.78, 5) is 12.5. The Kier molecular flexibility index (Phi) is 9.57. The van der Waals surface area contributed by atoms with E-state index in [0.717, 1.165) is 30.4 Å². The molecule has 1 saturated carbocycles. The lowest BCUT2D eigenvalue weighted by atomic mass is 9.84. The average Bonchev–Trinajstić information content (AvgIpc) is 3.23. The Hall–Kier alpha value is -1.61. The van der Waals surface area contributed by atoms with Crippen molar-refractivity contribution in [2.75, 3.05) is 34.9 Å². The number of hydrogen-bond donors (Lipinski definition) is 0. The molecule has 7 nitrogen and oxygen atoms in total. The smallest absolute Gasteiger partial charge is 0.309 e. The van der Waals surface area contributed by atoms with Crippen molar-refractivity contribution in [3.63, 3.8) is 0 Å². The van der Waals surface area contributed by atoms with Gasteiger partial charge in [-0.25, -0.2) is 0 Å². The molecule has 2 radical (unpaired) electrons. The van der Waals surface area contributed by atoms with Gasteiger partial charge in [0.25, 0.3) is 0 Å². The van der Waals surface area contributed by atoms with Crippen molar-refractivity contribution in [2.24, 2.45) is 5.92 Å². The molecule has 1 aromatic carbocycles. The van der Waals surface area contributed by atoms with Crippen molar-refractivity contribution in [3.05, 3.63) is 23.3 Å². The number of esters is 1. The highest BCUT2D eigenvalue weighted by Crippen LogP contribution is 2.48. The highest BCUT2D eigenvalue weighted by molar-refractivity contribution is 6.31. The summed E-state index contributed by atoms with van der Waals surface area (Å²) in [6, 6.07) is 3.88. The minimum absolute atomic E-state index is 0.0270. The van der Waals surface area contributed by atoms with Gasteiger partial charge >= 0.3 is 5.97 Å². The third-order valence-electron chi connectivity index (χ3n) is 5.44. The third-order valence-corrected chi connectivity index (χ3v) is 6.66. The summed E-state index contributed by atoms with van der Waals surface area (Å²) in [5.74, 6) is 0.865. The second-order valence-electron chi connectivity index (χ2n) is 9.62. The molecule has 1 aromatic rings. The standard InChI is InChI=1S/C24H38O7Si/c1-23(2,3)32-31-24(4,5)20-13-16(29-14-26-6)12-19(21(20)30-15-27-7)17-10-9-11-18(17)22(25)28-8/h12-13,17-18H,9-11,14-15H2,1-8H3. The molecule has 2 atom stereocenters. The molecule has 8 heteroatoms. The van der Waals surface area contributed by atoms with Crippen LogP contribution in [0.25, 0.3) is 0 Å². The number of ether oxygens (including phenoxy) is 5. The maximum atomic E-state index is 12.5. The van der Waals surface area contributed by atoms with Gasteiger partial charge in [0.05, 0.1) is 18.6 Å². The molecule has 0 aliphatic heterocycles. The number of hydrogen-bond acceptors (Lipinski definition) is 7. The van der Waals surface area contributed by atoms with Gasteiger partial charge in [0, 0.05) is 31.3 Å². The van der Waals surface area contributed by atoms with E-state index in [0.29, 0.717) is 11.5 Å². The second-order valence-corrected chi connectivity index (χ2v) is 11.5. The van der Waals surface area contributed by atoms with Crippen molar-refractivity contribution in [1.82, 2.24) is 0 Å². The molecule has 180 valence electrons. The predicted octanol–water partition coefficient (Wildman–Crippen LogP) is 4.80. The van der Waals surface area contributed by atoms with Crippen LogP contribution in [0.3, 0.4) is 0 Å². The third kappa shape index (κ3) is 6.94.